The maximum absolute atomic E-state index is 16.1. The zero-order valence-electron chi connectivity index (χ0n) is 21.9. The van der Waals surface area contributed by atoms with Gasteiger partial charge in [0.2, 0.25) is 11.6 Å². The van der Waals surface area contributed by atoms with E-state index in [1.165, 1.54) is 30.0 Å². The molecular weight excluding hydrogens is 548 g/mol. The molecule has 0 spiro atoms. The van der Waals surface area contributed by atoms with Gasteiger partial charge in [0.15, 0.2) is 23.2 Å². The van der Waals surface area contributed by atoms with Gasteiger partial charge in [-0.25, -0.2) is 13.9 Å². The highest BCUT2D eigenvalue weighted by Crippen LogP contribution is 2.48. The Balaban J connectivity index is 1.60. The number of hydrogen-bond acceptors (Lipinski definition) is 12. The summed E-state index contributed by atoms with van der Waals surface area (Å²) in [7, 11) is -2.73. The third-order valence-corrected chi connectivity index (χ3v) is 7.61. The lowest BCUT2D eigenvalue weighted by Crippen LogP contribution is -2.42. The fourth-order valence-corrected chi connectivity index (χ4v) is 5.53. The number of aliphatic hydroxyl groups is 1. The molecule has 14 nitrogen and oxygen atoms in total. The number of nitrogen functional groups attached to an aromatic ring is 1. The first-order chi connectivity index (χ1) is 19.0. The highest BCUT2D eigenvalue weighted by molar-refractivity contribution is 7.52. The van der Waals surface area contributed by atoms with Crippen molar-refractivity contribution < 1.29 is 37.4 Å². The van der Waals surface area contributed by atoms with E-state index in [4.69, 9.17) is 30.7 Å². The molecule has 1 aliphatic heterocycles. The van der Waals surface area contributed by atoms with Crippen molar-refractivity contribution in [2.24, 2.45) is 0 Å². The first-order valence-corrected chi connectivity index (χ1v) is 13.7. The van der Waals surface area contributed by atoms with Crippen LogP contribution in [0, 0.1) is 12.3 Å². The van der Waals surface area contributed by atoms with Gasteiger partial charge in [0, 0.05) is 7.05 Å². The van der Waals surface area contributed by atoms with Gasteiger partial charge in [-0.05, 0) is 26.0 Å². The summed E-state index contributed by atoms with van der Waals surface area (Å²) in [5, 5.41) is 16.2. The number of nitrogens with two attached hydrogens (primary N) is 1. The molecule has 0 bridgehead atoms. The number of aliphatic hydroxyl groups excluding tert-OH is 1. The number of carbonyl (C=O) groups is 1. The SMILES string of the molecule is C#C[C@@]1(F)[C@H](O)[C@@H](CO[P@](=O)(N[C@H](C)C(=O)OCC)Oc2ccccc2)O[C@H]1n1cnc2c(NC)nc(N)nc21. The molecule has 0 amide bonds. The lowest BCUT2D eigenvalue weighted by molar-refractivity contribution is -0.144. The molecule has 40 heavy (non-hydrogen) atoms. The van der Waals surface area contributed by atoms with Gasteiger partial charge >= 0.3 is 13.7 Å². The Bertz CT molecular complexity index is 1450. The predicted octanol–water partition coefficient (Wildman–Crippen LogP) is 1.79. The average molecular weight is 578 g/mol. The summed E-state index contributed by atoms with van der Waals surface area (Å²) in [6.07, 6.45) is 1.74. The van der Waals surface area contributed by atoms with E-state index in [1.807, 2.05) is 5.92 Å². The minimum Gasteiger partial charge on any atom is -0.465 e. The zero-order chi connectivity index (χ0) is 29.1. The number of anilines is 2. The molecule has 1 aromatic carbocycles. The van der Waals surface area contributed by atoms with Gasteiger partial charge in [-0.1, -0.05) is 24.1 Å². The van der Waals surface area contributed by atoms with Crippen LogP contribution < -0.4 is 20.7 Å². The Labute approximate surface area is 229 Å². The summed E-state index contributed by atoms with van der Waals surface area (Å²) in [6.45, 7) is 2.47. The number of ether oxygens (including phenoxy) is 2. The van der Waals surface area contributed by atoms with E-state index in [9.17, 15) is 14.5 Å². The van der Waals surface area contributed by atoms with Gasteiger partial charge in [-0.2, -0.15) is 15.1 Å². The van der Waals surface area contributed by atoms with Crippen LogP contribution in [0.5, 0.6) is 5.75 Å². The number of esters is 1. The second-order valence-electron chi connectivity index (χ2n) is 8.69. The second-order valence-corrected chi connectivity index (χ2v) is 10.4. The van der Waals surface area contributed by atoms with Gasteiger partial charge in [-0.15, -0.1) is 6.42 Å². The lowest BCUT2D eigenvalue weighted by atomic mass is 9.97. The topological polar surface area (TPSA) is 185 Å². The van der Waals surface area contributed by atoms with Crippen LogP contribution >= 0.6 is 7.75 Å². The van der Waals surface area contributed by atoms with Crippen LogP contribution in [0.15, 0.2) is 36.7 Å². The van der Waals surface area contributed by atoms with E-state index in [1.54, 1.807) is 32.2 Å². The number of rotatable bonds is 11. The quantitative estimate of drug-likeness (QED) is 0.147. The number of terminal acetylenes is 1. The Morgan fingerprint density at radius 3 is 2.77 bits per heavy atom. The molecule has 0 aliphatic carbocycles. The summed E-state index contributed by atoms with van der Waals surface area (Å²) >= 11 is 0. The number of alkyl halides is 1. The second kappa shape index (κ2) is 11.7. The van der Waals surface area contributed by atoms with Gasteiger partial charge in [0.1, 0.15) is 24.0 Å². The van der Waals surface area contributed by atoms with Crippen molar-refractivity contribution >= 4 is 36.6 Å². The maximum atomic E-state index is 16.1. The van der Waals surface area contributed by atoms with Crippen LogP contribution in [0.3, 0.4) is 0 Å². The Kier molecular flexibility index (Phi) is 8.57. The maximum Gasteiger partial charge on any atom is 0.459 e. The first kappa shape index (κ1) is 29.2. The van der Waals surface area contributed by atoms with E-state index < -0.39 is 50.5 Å². The number of halogens is 1. The Hall–Kier alpha value is -3.80. The number of fused-ring (bicyclic) bond motifs is 1. The van der Waals surface area contributed by atoms with Crippen LogP contribution in [0.2, 0.25) is 0 Å². The third kappa shape index (κ3) is 5.72. The van der Waals surface area contributed by atoms with Crippen molar-refractivity contribution in [3.05, 3.63) is 36.7 Å². The number of hydrogen-bond donors (Lipinski definition) is 4. The minimum atomic E-state index is -4.32. The molecule has 214 valence electrons. The van der Waals surface area contributed by atoms with Crippen molar-refractivity contribution in [3.63, 3.8) is 0 Å². The minimum absolute atomic E-state index is 0.0934. The largest absolute Gasteiger partial charge is 0.465 e. The molecule has 1 aliphatic rings. The fraction of sp³-hybridized carbons (Fsp3) is 0.417. The van der Waals surface area contributed by atoms with Gasteiger partial charge in [0.05, 0.1) is 19.5 Å². The monoisotopic (exact) mass is 577 g/mol. The normalized spacial score (nSPS) is 24.6. The number of aromatic nitrogens is 4. The van der Waals surface area contributed by atoms with Crippen molar-refractivity contribution in [1.82, 2.24) is 24.6 Å². The summed E-state index contributed by atoms with van der Waals surface area (Å²) < 4.78 is 52.8. The number of carbonyl (C=O) groups excluding carboxylic acids is 1. The van der Waals surface area contributed by atoms with E-state index in [-0.39, 0.29) is 35.3 Å². The summed E-state index contributed by atoms with van der Waals surface area (Å²) in [5.41, 5.74) is 3.36. The highest BCUT2D eigenvalue weighted by Gasteiger charge is 2.58. The van der Waals surface area contributed by atoms with Gasteiger partial charge < -0.3 is 30.2 Å². The highest BCUT2D eigenvalue weighted by atomic mass is 31.2. The van der Waals surface area contributed by atoms with E-state index in [0.29, 0.717) is 0 Å². The number of imidazole rings is 1. The molecule has 4 rings (SSSR count). The van der Waals surface area contributed by atoms with Crippen molar-refractivity contribution in [2.45, 2.75) is 44.0 Å². The molecule has 3 aromatic rings. The van der Waals surface area contributed by atoms with Crippen molar-refractivity contribution in [1.29, 1.82) is 0 Å². The number of para-hydroxylation sites is 1. The summed E-state index contributed by atoms with van der Waals surface area (Å²) in [6, 6.07) is 6.93. The Morgan fingerprint density at radius 2 is 2.12 bits per heavy atom. The van der Waals surface area contributed by atoms with Crippen LogP contribution in [0.4, 0.5) is 16.2 Å². The van der Waals surface area contributed by atoms with Crippen LogP contribution in [-0.4, -0.2) is 74.8 Å². The van der Waals surface area contributed by atoms with Crippen LogP contribution in [-0.2, 0) is 23.4 Å². The van der Waals surface area contributed by atoms with E-state index in [2.05, 4.69) is 25.4 Å². The molecule has 1 fully saturated rings. The number of benzene rings is 1. The molecule has 16 heteroatoms. The standard InChI is InChI=1S/C24H29FN7O7P/c1-5-24(25)18(33)16(38-22(24)32-13-28-17-19(27-4)29-23(26)30-20(17)32)12-37-40(35,31-14(3)21(34)36-6-2)39-15-10-8-7-9-11-15/h1,7-11,13-14,16,18,22,33H,6,12H2,2-4H3,(H,31,35)(H3,26,27,29,30)/t14-,16-,18-,22-,24-,40-/m1/s1. The van der Waals surface area contributed by atoms with Crippen molar-refractivity contribution in [2.75, 3.05) is 31.3 Å². The van der Waals surface area contributed by atoms with Gasteiger partial charge in [0.25, 0.3) is 0 Å². The van der Waals surface area contributed by atoms with Crippen LogP contribution in [0.25, 0.3) is 11.2 Å². The molecule has 0 saturated carbocycles. The van der Waals surface area contributed by atoms with Gasteiger partial charge in [-0.3, -0.25) is 13.9 Å². The molecule has 0 radical (unpaired) electrons. The average Bonchev–Trinajstić information content (AvgIpc) is 3.46. The lowest BCUT2D eigenvalue weighted by Gasteiger charge is -2.25. The number of nitrogens with zero attached hydrogens (tertiary/aromatic N) is 4. The summed E-state index contributed by atoms with van der Waals surface area (Å²) in [5.74, 6) is 1.57. The molecule has 6 atom stereocenters. The van der Waals surface area contributed by atoms with Crippen molar-refractivity contribution in [3.8, 4) is 18.1 Å². The molecule has 0 unspecified atom stereocenters. The van der Waals surface area contributed by atoms with E-state index >= 15 is 4.39 Å². The Morgan fingerprint density at radius 1 is 1.40 bits per heavy atom. The number of nitrogens with one attached hydrogen (secondary N) is 2. The molecule has 1 saturated heterocycles. The molecular formula is C24H29FN7O7P. The first-order valence-electron chi connectivity index (χ1n) is 12.2. The third-order valence-electron chi connectivity index (χ3n) is 5.96. The molecule has 2 aromatic heterocycles. The zero-order valence-corrected chi connectivity index (χ0v) is 22.7. The smallest absolute Gasteiger partial charge is 0.459 e. The summed E-state index contributed by atoms with van der Waals surface area (Å²) in [4.78, 5) is 24.5. The predicted molar refractivity (Wildman–Crippen MR) is 142 cm³/mol. The van der Waals surface area contributed by atoms with Crippen LogP contribution in [0.1, 0.15) is 20.1 Å². The van der Waals surface area contributed by atoms with E-state index in [0.717, 1.165) is 0 Å². The molecule has 3 heterocycles. The molecule has 5 N–H and O–H groups in total. The fourth-order valence-electron chi connectivity index (χ4n) is 4.03.